The van der Waals surface area contributed by atoms with Gasteiger partial charge in [-0.3, -0.25) is 0 Å². The summed E-state index contributed by atoms with van der Waals surface area (Å²) in [5, 5.41) is 0. The maximum absolute atomic E-state index is 5.74. The van der Waals surface area contributed by atoms with Gasteiger partial charge < -0.3 is 10.5 Å². The van der Waals surface area contributed by atoms with Crippen LogP contribution in [-0.4, -0.2) is 18.8 Å². The van der Waals surface area contributed by atoms with E-state index in [9.17, 15) is 0 Å². The van der Waals surface area contributed by atoms with Gasteiger partial charge in [-0.1, -0.05) is 0 Å². The smallest absolute Gasteiger partial charge is 0.0576 e. The molecule has 3 heteroatoms. The number of halogens is 1. The van der Waals surface area contributed by atoms with Gasteiger partial charge in [0.2, 0.25) is 0 Å². The molecule has 1 fully saturated rings. The fourth-order valence-electron chi connectivity index (χ4n) is 1.49. The first-order valence-electron chi connectivity index (χ1n) is 4.20. The van der Waals surface area contributed by atoms with Crippen molar-refractivity contribution in [2.75, 3.05) is 6.61 Å². The van der Waals surface area contributed by atoms with E-state index in [-0.39, 0.29) is 12.4 Å². The standard InChI is InChI=1S/C8H17NO.ClH/c1-2-10-8-5-3-7(9)4-6-8;/h7-8H,2-6,9H2,1H3;1H. The van der Waals surface area contributed by atoms with E-state index in [0.29, 0.717) is 12.1 Å². The Morgan fingerprint density at radius 3 is 2.27 bits per heavy atom. The average Bonchev–Trinajstić information content (AvgIpc) is 1.95. The van der Waals surface area contributed by atoms with E-state index in [1.54, 1.807) is 0 Å². The molecule has 2 nitrogen and oxygen atoms in total. The Labute approximate surface area is 74.9 Å². The number of nitrogens with two attached hydrogens (primary N) is 1. The van der Waals surface area contributed by atoms with Gasteiger partial charge in [0.1, 0.15) is 0 Å². The number of hydrogen-bond acceptors (Lipinski definition) is 2. The first-order valence-corrected chi connectivity index (χ1v) is 4.20. The maximum atomic E-state index is 5.74. The summed E-state index contributed by atoms with van der Waals surface area (Å²) < 4.78 is 5.48. The lowest BCUT2D eigenvalue weighted by Crippen LogP contribution is -2.30. The van der Waals surface area contributed by atoms with Gasteiger partial charge in [0.15, 0.2) is 0 Å². The summed E-state index contributed by atoms with van der Waals surface area (Å²) in [5.41, 5.74) is 5.74. The van der Waals surface area contributed by atoms with Crippen LogP contribution in [0.2, 0.25) is 0 Å². The molecule has 0 amide bonds. The zero-order valence-electron chi connectivity index (χ0n) is 7.08. The fourth-order valence-corrected chi connectivity index (χ4v) is 1.49. The molecule has 0 atom stereocenters. The minimum Gasteiger partial charge on any atom is -0.379 e. The quantitative estimate of drug-likeness (QED) is 0.701. The van der Waals surface area contributed by atoms with E-state index in [0.717, 1.165) is 32.3 Å². The van der Waals surface area contributed by atoms with Crippen molar-refractivity contribution in [2.45, 2.75) is 44.8 Å². The van der Waals surface area contributed by atoms with Gasteiger partial charge in [-0.05, 0) is 32.6 Å². The Hall–Kier alpha value is 0.210. The second-order valence-electron chi connectivity index (χ2n) is 2.99. The molecule has 2 N–H and O–H groups in total. The molecule has 0 radical (unpaired) electrons. The molecule has 0 saturated heterocycles. The van der Waals surface area contributed by atoms with Gasteiger partial charge in [-0.25, -0.2) is 0 Å². The Bertz CT molecular complexity index is 92.1. The monoisotopic (exact) mass is 179 g/mol. The third kappa shape index (κ3) is 3.94. The molecular weight excluding hydrogens is 162 g/mol. The lowest BCUT2D eigenvalue weighted by atomic mass is 9.94. The van der Waals surface area contributed by atoms with Crippen LogP contribution in [0.25, 0.3) is 0 Å². The summed E-state index contributed by atoms with van der Waals surface area (Å²) in [6.07, 6.45) is 5.11. The molecule has 68 valence electrons. The molecule has 0 heterocycles. The third-order valence-corrected chi connectivity index (χ3v) is 2.12. The van der Waals surface area contributed by atoms with Crippen LogP contribution in [0.15, 0.2) is 0 Å². The molecule has 0 bridgehead atoms. The van der Waals surface area contributed by atoms with E-state index < -0.39 is 0 Å². The van der Waals surface area contributed by atoms with Crippen LogP contribution in [-0.2, 0) is 4.74 Å². The highest BCUT2D eigenvalue weighted by Gasteiger charge is 2.17. The molecule has 0 aromatic rings. The van der Waals surface area contributed by atoms with Crippen molar-refractivity contribution in [3.8, 4) is 0 Å². The summed E-state index contributed by atoms with van der Waals surface area (Å²) in [7, 11) is 0. The zero-order chi connectivity index (χ0) is 7.40. The first kappa shape index (κ1) is 11.2. The molecule has 1 aliphatic carbocycles. The van der Waals surface area contributed by atoms with Crippen LogP contribution in [0.5, 0.6) is 0 Å². The van der Waals surface area contributed by atoms with Gasteiger partial charge >= 0.3 is 0 Å². The van der Waals surface area contributed by atoms with Crippen molar-refractivity contribution in [3.05, 3.63) is 0 Å². The van der Waals surface area contributed by atoms with Crippen molar-refractivity contribution in [1.82, 2.24) is 0 Å². The van der Waals surface area contributed by atoms with E-state index >= 15 is 0 Å². The van der Waals surface area contributed by atoms with Gasteiger partial charge in [-0.15, -0.1) is 12.4 Å². The summed E-state index contributed by atoms with van der Waals surface area (Å²) in [5.74, 6) is 0. The molecule has 0 spiro atoms. The van der Waals surface area contributed by atoms with Crippen LogP contribution in [0, 0.1) is 0 Å². The van der Waals surface area contributed by atoms with E-state index in [1.807, 2.05) is 0 Å². The highest BCUT2D eigenvalue weighted by Crippen LogP contribution is 2.19. The van der Waals surface area contributed by atoms with Crippen LogP contribution >= 0.6 is 12.4 Å². The minimum atomic E-state index is 0. The molecule has 0 aromatic carbocycles. The van der Waals surface area contributed by atoms with Crippen LogP contribution < -0.4 is 5.73 Å². The minimum absolute atomic E-state index is 0. The predicted molar refractivity (Wildman–Crippen MR) is 49.1 cm³/mol. The summed E-state index contributed by atoms with van der Waals surface area (Å²) >= 11 is 0. The first-order chi connectivity index (χ1) is 4.83. The largest absolute Gasteiger partial charge is 0.379 e. The van der Waals surface area contributed by atoms with Crippen LogP contribution in [0.4, 0.5) is 0 Å². The Morgan fingerprint density at radius 2 is 1.82 bits per heavy atom. The molecule has 0 aromatic heterocycles. The third-order valence-electron chi connectivity index (χ3n) is 2.12. The molecule has 0 aliphatic heterocycles. The topological polar surface area (TPSA) is 35.2 Å². The van der Waals surface area contributed by atoms with Gasteiger partial charge in [0, 0.05) is 12.6 Å². The Kier molecular flexibility index (Phi) is 5.92. The molecule has 1 rings (SSSR count). The molecule has 0 unspecified atom stereocenters. The SMILES string of the molecule is CCOC1CCC(N)CC1.Cl. The lowest BCUT2D eigenvalue weighted by Gasteiger charge is -2.25. The van der Waals surface area contributed by atoms with Crippen molar-refractivity contribution in [1.29, 1.82) is 0 Å². The zero-order valence-corrected chi connectivity index (χ0v) is 7.90. The predicted octanol–water partition coefficient (Wildman–Crippen LogP) is 1.71. The normalized spacial score (nSPS) is 31.1. The summed E-state index contributed by atoms with van der Waals surface area (Å²) in [4.78, 5) is 0. The Balaban J connectivity index is 0.000001000. The summed E-state index contributed by atoms with van der Waals surface area (Å²) in [6, 6.07) is 0.441. The van der Waals surface area contributed by atoms with Gasteiger partial charge in [0.05, 0.1) is 6.10 Å². The highest BCUT2D eigenvalue weighted by molar-refractivity contribution is 5.85. The molecule has 1 saturated carbocycles. The van der Waals surface area contributed by atoms with Crippen molar-refractivity contribution >= 4 is 12.4 Å². The van der Waals surface area contributed by atoms with E-state index in [4.69, 9.17) is 10.5 Å². The number of ether oxygens (including phenoxy) is 1. The molecule has 11 heavy (non-hydrogen) atoms. The highest BCUT2D eigenvalue weighted by atomic mass is 35.5. The molecule has 1 aliphatic rings. The number of rotatable bonds is 2. The van der Waals surface area contributed by atoms with Crippen LogP contribution in [0.1, 0.15) is 32.6 Å². The summed E-state index contributed by atoms with van der Waals surface area (Å²) in [6.45, 7) is 2.90. The maximum Gasteiger partial charge on any atom is 0.0576 e. The van der Waals surface area contributed by atoms with Gasteiger partial charge in [-0.2, -0.15) is 0 Å². The fraction of sp³-hybridized carbons (Fsp3) is 1.00. The van der Waals surface area contributed by atoms with Gasteiger partial charge in [0.25, 0.3) is 0 Å². The molecular formula is C8H18ClNO. The van der Waals surface area contributed by atoms with Crippen molar-refractivity contribution < 1.29 is 4.74 Å². The number of hydrogen-bond donors (Lipinski definition) is 1. The Morgan fingerprint density at radius 1 is 1.27 bits per heavy atom. The second-order valence-corrected chi connectivity index (χ2v) is 2.99. The van der Waals surface area contributed by atoms with Crippen LogP contribution in [0.3, 0.4) is 0 Å². The van der Waals surface area contributed by atoms with Crippen molar-refractivity contribution in [3.63, 3.8) is 0 Å². The lowest BCUT2D eigenvalue weighted by molar-refractivity contribution is 0.0333. The second kappa shape index (κ2) is 5.81. The van der Waals surface area contributed by atoms with E-state index in [1.165, 1.54) is 0 Å². The van der Waals surface area contributed by atoms with E-state index in [2.05, 4.69) is 6.92 Å². The average molecular weight is 180 g/mol. The van der Waals surface area contributed by atoms with Crippen molar-refractivity contribution in [2.24, 2.45) is 5.73 Å².